The number of nitrogens with zero attached hydrogens (tertiary/aromatic N) is 2. The molecule has 0 saturated heterocycles. The molecule has 6 heteroatoms. The number of hydrogen-bond acceptors (Lipinski definition) is 3. The van der Waals surface area contributed by atoms with Crippen molar-refractivity contribution in [1.29, 1.82) is 0 Å². The minimum absolute atomic E-state index is 0.239. The van der Waals surface area contributed by atoms with E-state index in [0.717, 1.165) is 43.5 Å². The lowest BCUT2D eigenvalue weighted by molar-refractivity contribution is -0.137. The average Bonchev–Trinajstić information content (AvgIpc) is 2.99. The summed E-state index contributed by atoms with van der Waals surface area (Å²) in [6, 6.07) is 5.22. The molecule has 0 atom stereocenters. The van der Waals surface area contributed by atoms with Crippen LogP contribution >= 0.6 is 0 Å². The molecule has 122 valence electrons. The summed E-state index contributed by atoms with van der Waals surface area (Å²) >= 11 is 0. The van der Waals surface area contributed by atoms with Gasteiger partial charge in [0.15, 0.2) is 0 Å². The molecule has 3 rings (SSSR count). The molecule has 3 nitrogen and oxygen atoms in total. The van der Waals surface area contributed by atoms with E-state index in [1.54, 1.807) is 13.0 Å². The third-order valence-electron chi connectivity index (χ3n) is 4.30. The highest BCUT2D eigenvalue weighted by molar-refractivity contribution is 5.77. The van der Waals surface area contributed by atoms with E-state index >= 15 is 0 Å². The normalized spacial score (nSPS) is 16.0. The van der Waals surface area contributed by atoms with Crippen molar-refractivity contribution < 1.29 is 13.2 Å². The highest BCUT2D eigenvalue weighted by Gasteiger charge is 2.31. The zero-order chi connectivity index (χ0) is 16.6. The Hall–Kier alpha value is -2.11. The van der Waals surface area contributed by atoms with Gasteiger partial charge < -0.3 is 5.73 Å². The predicted octanol–water partition coefficient (Wildman–Crippen LogP) is 4.71. The lowest BCUT2D eigenvalue weighted by Gasteiger charge is -2.17. The minimum atomic E-state index is -4.39. The van der Waals surface area contributed by atoms with Gasteiger partial charge in [0.2, 0.25) is 0 Å². The van der Waals surface area contributed by atoms with Gasteiger partial charge >= 0.3 is 6.18 Å². The first kappa shape index (κ1) is 15.8. The maximum absolute atomic E-state index is 13.0. The Bertz CT molecular complexity index is 720. The van der Waals surface area contributed by atoms with Crippen LogP contribution < -0.4 is 5.73 Å². The van der Waals surface area contributed by atoms with Crippen molar-refractivity contribution >= 4 is 5.82 Å². The van der Waals surface area contributed by atoms with Crippen LogP contribution in [0.25, 0.3) is 11.1 Å². The quantitative estimate of drug-likeness (QED) is 0.871. The Morgan fingerprint density at radius 1 is 1.13 bits per heavy atom. The molecule has 0 radical (unpaired) electrons. The van der Waals surface area contributed by atoms with Gasteiger partial charge in [-0.1, -0.05) is 25.0 Å². The van der Waals surface area contributed by atoms with Crippen LogP contribution in [-0.2, 0) is 6.18 Å². The summed E-state index contributed by atoms with van der Waals surface area (Å²) in [6.07, 6.45) is -0.196. The fourth-order valence-corrected chi connectivity index (χ4v) is 3.26. The molecule has 0 bridgehead atoms. The molecule has 23 heavy (non-hydrogen) atoms. The van der Waals surface area contributed by atoms with Crippen molar-refractivity contribution in [2.24, 2.45) is 0 Å². The summed E-state index contributed by atoms with van der Waals surface area (Å²) in [5.41, 5.74) is 7.12. The van der Waals surface area contributed by atoms with E-state index in [4.69, 9.17) is 5.73 Å². The SMILES string of the molecule is Cc1nc(N)c(-c2cccc(C(F)(F)F)c2)c(C2CCCC2)n1. The van der Waals surface area contributed by atoms with Gasteiger partial charge in [0.05, 0.1) is 11.3 Å². The molecule has 2 N–H and O–H groups in total. The zero-order valence-electron chi connectivity index (χ0n) is 12.8. The molecule has 1 saturated carbocycles. The average molecular weight is 321 g/mol. The van der Waals surface area contributed by atoms with Crippen LogP contribution in [0.4, 0.5) is 19.0 Å². The lowest BCUT2D eigenvalue weighted by atomic mass is 9.93. The van der Waals surface area contributed by atoms with Crippen molar-refractivity contribution in [3.8, 4) is 11.1 Å². The van der Waals surface area contributed by atoms with Gasteiger partial charge in [0.1, 0.15) is 11.6 Å². The fraction of sp³-hybridized carbons (Fsp3) is 0.412. The van der Waals surface area contributed by atoms with Crippen LogP contribution in [-0.4, -0.2) is 9.97 Å². The summed E-state index contributed by atoms with van der Waals surface area (Å²) < 4.78 is 39.0. The molecule has 0 amide bonds. The predicted molar refractivity (Wildman–Crippen MR) is 82.8 cm³/mol. The summed E-state index contributed by atoms with van der Waals surface area (Å²) in [5, 5.41) is 0. The van der Waals surface area contributed by atoms with Gasteiger partial charge in [0.25, 0.3) is 0 Å². The molecule has 2 aromatic rings. The Balaban J connectivity index is 2.15. The number of halogens is 3. The van der Waals surface area contributed by atoms with Crippen molar-refractivity contribution in [3.63, 3.8) is 0 Å². The maximum atomic E-state index is 13.0. The van der Waals surface area contributed by atoms with Crippen LogP contribution in [0.1, 0.15) is 48.7 Å². The second kappa shape index (κ2) is 5.83. The summed E-state index contributed by atoms with van der Waals surface area (Å²) in [7, 11) is 0. The standard InChI is InChI=1S/C17H18F3N3/c1-10-22-15(11-5-2-3-6-11)14(16(21)23-10)12-7-4-8-13(9-12)17(18,19)20/h4,7-9,11H,2-3,5-6H2,1H3,(H2,21,22,23). The Kier molecular flexibility index (Phi) is 4.00. The summed E-state index contributed by atoms with van der Waals surface area (Å²) in [6.45, 7) is 1.75. The monoisotopic (exact) mass is 321 g/mol. The van der Waals surface area contributed by atoms with E-state index in [9.17, 15) is 13.2 Å². The van der Waals surface area contributed by atoms with Crippen LogP contribution in [0.2, 0.25) is 0 Å². The molecule has 1 aliphatic carbocycles. The van der Waals surface area contributed by atoms with Crippen LogP contribution in [0.5, 0.6) is 0 Å². The molecule has 1 aromatic carbocycles. The largest absolute Gasteiger partial charge is 0.416 e. The third-order valence-corrected chi connectivity index (χ3v) is 4.30. The number of nitrogens with two attached hydrogens (primary N) is 1. The Morgan fingerprint density at radius 2 is 1.83 bits per heavy atom. The highest BCUT2D eigenvalue weighted by atomic mass is 19.4. The first-order valence-electron chi connectivity index (χ1n) is 7.68. The molecular weight excluding hydrogens is 303 g/mol. The Labute approximate surface area is 132 Å². The molecule has 1 fully saturated rings. The van der Waals surface area contributed by atoms with Gasteiger partial charge in [-0.15, -0.1) is 0 Å². The van der Waals surface area contributed by atoms with Gasteiger partial charge in [-0.3, -0.25) is 0 Å². The Morgan fingerprint density at radius 3 is 2.48 bits per heavy atom. The number of aryl methyl sites for hydroxylation is 1. The lowest BCUT2D eigenvalue weighted by Crippen LogP contribution is -2.09. The van der Waals surface area contributed by atoms with Gasteiger partial charge in [-0.2, -0.15) is 13.2 Å². The second-order valence-corrected chi connectivity index (χ2v) is 5.98. The third kappa shape index (κ3) is 3.16. The molecular formula is C17H18F3N3. The van der Waals surface area contributed by atoms with Crippen molar-refractivity contribution in [2.45, 2.75) is 44.7 Å². The van der Waals surface area contributed by atoms with Crippen LogP contribution in [0, 0.1) is 6.92 Å². The summed E-state index contributed by atoms with van der Waals surface area (Å²) in [4.78, 5) is 8.67. The van der Waals surface area contributed by atoms with E-state index in [-0.39, 0.29) is 11.7 Å². The van der Waals surface area contributed by atoms with Crippen LogP contribution in [0.3, 0.4) is 0 Å². The fourth-order valence-electron chi connectivity index (χ4n) is 3.26. The van der Waals surface area contributed by atoms with E-state index in [1.807, 2.05) is 0 Å². The number of aromatic nitrogens is 2. The van der Waals surface area contributed by atoms with E-state index in [1.165, 1.54) is 6.07 Å². The smallest absolute Gasteiger partial charge is 0.383 e. The van der Waals surface area contributed by atoms with Crippen molar-refractivity contribution in [1.82, 2.24) is 9.97 Å². The number of hydrogen-bond donors (Lipinski definition) is 1. The number of alkyl halides is 3. The first-order chi connectivity index (χ1) is 10.9. The first-order valence-corrected chi connectivity index (χ1v) is 7.68. The van der Waals surface area contributed by atoms with Crippen molar-refractivity contribution in [2.75, 3.05) is 5.73 Å². The molecule has 0 unspecified atom stereocenters. The van der Waals surface area contributed by atoms with Gasteiger partial charge in [-0.05, 0) is 37.5 Å². The maximum Gasteiger partial charge on any atom is 0.416 e. The van der Waals surface area contributed by atoms with E-state index < -0.39 is 11.7 Å². The highest BCUT2D eigenvalue weighted by Crippen LogP contribution is 2.41. The molecule has 0 spiro atoms. The number of benzene rings is 1. The zero-order valence-corrected chi connectivity index (χ0v) is 12.8. The summed E-state index contributed by atoms with van der Waals surface area (Å²) in [5.74, 6) is 1.04. The molecule has 0 aliphatic heterocycles. The molecule has 1 aliphatic rings. The van der Waals surface area contributed by atoms with Gasteiger partial charge in [0, 0.05) is 11.5 Å². The number of anilines is 1. The van der Waals surface area contributed by atoms with E-state index in [0.29, 0.717) is 17.0 Å². The second-order valence-electron chi connectivity index (χ2n) is 5.98. The van der Waals surface area contributed by atoms with E-state index in [2.05, 4.69) is 9.97 Å². The topological polar surface area (TPSA) is 51.8 Å². The molecule has 1 heterocycles. The van der Waals surface area contributed by atoms with Gasteiger partial charge in [-0.25, -0.2) is 9.97 Å². The van der Waals surface area contributed by atoms with Crippen LogP contribution in [0.15, 0.2) is 24.3 Å². The molecule has 1 aromatic heterocycles. The number of rotatable bonds is 2. The minimum Gasteiger partial charge on any atom is -0.383 e. The van der Waals surface area contributed by atoms with Crippen molar-refractivity contribution in [3.05, 3.63) is 41.3 Å². The number of nitrogen functional groups attached to an aromatic ring is 1.